The van der Waals surface area contributed by atoms with Crippen LogP contribution in [0.25, 0.3) is 0 Å². The summed E-state index contributed by atoms with van der Waals surface area (Å²) in [6.45, 7) is 1.99. The first-order valence-electron chi connectivity index (χ1n) is 8.36. The Morgan fingerprint density at radius 2 is 1.91 bits per heavy atom. The molecule has 3 atom stereocenters. The average molecular weight is 321 g/mol. The van der Waals surface area contributed by atoms with Crippen molar-refractivity contribution in [2.75, 3.05) is 0 Å². The van der Waals surface area contributed by atoms with E-state index in [2.05, 4.69) is 5.32 Å². The quantitative estimate of drug-likeness (QED) is 0.892. The highest BCUT2D eigenvalue weighted by Crippen LogP contribution is 2.42. The van der Waals surface area contributed by atoms with Crippen LogP contribution >= 0.6 is 11.6 Å². The molecule has 3 rings (SSSR count). The molecule has 3 unspecified atom stereocenters. The molecular formula is C18H25ClN2O. The molecule has 22 heavy (non-hydrogen) atoms. The van der Waals surface area contributed by atoms with Crippen LogP contribution in [0, 0.1) is 17.8 Å². The molecule has 2 bridgehead atoms. The lowest BCUT2D eigenvalue weighted by Crippen LogP contribution is -2.49. The number of amides is 1. The number of fused-ring (bicyclic) bond motifs is 2. The molecule has 0 aromatic heterocycles. The molecule has 0 aliphatic heterocycles. The van der Waals surface area contributed by atoms with Gasteiger partial charge in [0.1, 0.15) is 0 Å². The van der Waals surface area contributed by atoms with Crippen LogP contribution in [0.5, 0.6) is 0 Å². The SMILES string of the molecule is CC(NC(=O)C1CC2CCCC(C1)C2N)c1ccccc1Cl. The molecule has 4 heteroatoms. The Bertz CT molecular complexity index is 534. The number of nitrogens with two attached hydrogens (primary N) is 1. The van der Waals surface area contributed by atoms with Gasteiger partial charge in [0.25, 0.3) is 0 Å². The summed E-state index contributed by atoms with van der Waals surface area (Å²) in [6.07, 6.45) is 5.52. The number of benzene rings is 1. The second-order valence-corrected chi connectivity index (χ2v) is 7.36. The lowest BCUT2D eigenvalue weighted by molar-refractivity contribution is -0.128. The molecule has 120 valence electrons. The Hall–Kier alpha value is -1.06. The first-order chi connectivity index (χ1) is 10.6. The van der Waals surface area contributed by atoms with Gasteiger partial charge in [-0.2, -0.15) is 0 Å². The van der Waals surface area contributed by atoms with Crippen molar-refractivity contribution in [3.8, 4) is 0 Å². The minimum atomic E-state index is -0.0587. The summed E-state index contributed by atoms with van der Waals surface area (Å²) >= 11 is 6.22. The molecule has 3 nitrogen and oxygen atoms in total. The van der Waals surface area contributed by atoms with Crippen LogP contribution in [-0.4, -0.2) is 11.9 Å². The fourth-order valence-electron chi connectivity index (χ4n) is 4.24. The van der Waals surface area contributed by atoms with Crippen molar-refractivity contribution in [3.63, 3.8) is 0 Å². The normalized spacial score (nSPS) is 32.3. The molecule has 1 aromatic rings. The third-order valence-corrected chi connectivity index (χ3v) is 5.86. The van der Waals surface area contributed by atoms with Crippen molar-refractivity contribution in [2.24, 2.45) is 23.5 Å². The molecule has 1 amide bonds. The van der Waals surface area contributed by atoms with Crippen molar-refractivity contribution >= 4 is 17.5 Å². The lowest BCUT2D eigenvalue weighted by atomic mass is 9.65. The summed E-state index contributed by atoms with van der Waals surface area (Å²) in [5.41, 5.74) is 7.29. The monoisotopic (exact) mass is 320 g/mol. The second-order valence-electron chi connectivity index (χ2n) is 6.95. The number of carbonyl (C=O) groups excluding carboxylic acids is 1. The highest BCUT2D eigenvalue weighted by atomic mass is 35.5. The fraction of sp³-hybridized carbons (Fsp3) is 0.611. The minimum absolute atomic E-state index is 0.0587. The van der Waals surface area contributed by atoms with E-state index in [0.29, 0.717) is 22.9 Å². The van der Waals surface area contributed by atoms with Gasteiger partial charge in [0.2, 0.25) is 5.91 Å². The summed E-state index contributed by atoms with van der Waals surface area (Å²) in [7, 11) is 0. The predicted octanol–water partition coefficient (Wildman–Crippen LogP) is 3.67. The van der Waals surface area contributed by atoms with Crippen LogP contribution in [0.4, 0.5) is 0 Å². The lowest BCUT2D eigenvalue weighted by Gasteiger charge is -2.43. The molecule has 2 fully saturated rings. The Balaban J connectivity index is 1.64. The highest BCUT2D eigenvalue weighted by Gasteiger charge is 2.40. The third kappa shape index (κ3) is 3.16. The van der Waals surface area contributed by atoms with Gasteiger partial charge in [-0.05, 0) is 56.1 Å². The zero-order valence-corrected chi connectivity index (χ0v) is 13.9. The van der Waals surface area contributed by atoms with Crippen LogP contribution in [0.3, 0.4) is 0 Å². The molecule has 0 saturated heterocycles. The number of hydrogen-bond donors (Lipinski definition) is 2. The number of hydrogen-bond acceptors (Lipinski definition) is 2. The maximum Gasteiger partial charge on any atom is 0.223 e. The molecule has 0 radical (unpaired) electrons. The van der Waals surface area contributed by atoms with Crippen molar-refractivity contribution in [2.45, 2.75) is 51.1 Å². The van der Waals surface area contributed by atoms with Gasteiger partial charge in [0, 0.05) is 17.0 Å². The first-order valence-corrected chi connectivity index (χ1v) is 8.74. The maximum atomic E-state index is 12.6. The molecule has 0 heterocycles. The van der Waals surface area contributed by atoms with Gasteiger partial charge in [-0.25, -0.2) is 0 Å². The molecule has 2 aliphatic carbocycles. The Labute approximate surface area is 137 Å². The van der Waals surface area contributed by atoms with E-state index in [9.17, 15) is 4.79 Å². The molecule has 2 aliphatic rings. The zero-order chi connectivity index (χ0) is 15.7. The summed E-state index contributed by atoms with van der Waals surface area (Å²) in [5, 5.41) is 3.85. The number of nitrogens with one attached hydrogen (secondary N) is 1. The predicted molar refractivity (Wildman–Crippen MR) is 89.5 cm³/mol. The summed E-state index contributed by atoms with van der Waals surface area (Å²) in [5.74, 6) is 1.33. The summed E-state index contributed by atoms with van der Waals surface area (Å²) in [6, 6.07) is 7.94. The van der Waals surface area contributed by atoms with E-state index in [1.807, 2.05) is 31.2 Å². The van der Waals surface area contributed by atoms with Gasteiger partial charge in [0.05, 0.1) is 6.04 Å². The van der Waals surface area contributed by atoms with E-state index < -0.39 is 0 Å². The van der Waals surface area contributed by atoms with E-state index in [1.165, 1.54) is 19.3 Å². The second kappa shape index (κ2) is 6.59. The zero-order valence-electron chi connectivity index (χ0n) is 13.1. The van der Waals surface area contributed by atoms with Gasteiger partial charge in [-0.1, -0.05) is 36.2 Å². The van der Waals surface area contributed by atoms with Gasteiger partial charge >= 0.3 is 0 Å². The first kappa shape index (κ1) is 15.8. The fourth-order valence-corrected chi connectivity index (χ4v) is 4.54. The Morgan fingerprint density at radius 3 is 2.55 bits per heavy atom. The van der Waals surface area contributed by atoms with E-state index in [4.69, 9.17) is 17.3 Å². The molecular weight excluding hydrogens is 296 g/mol. The van der Waals surface area contributed by atoms with Crippen LogP contribution in [-0.2, 0) is 4.79 Å². The van der Waals surface area contributed by atoms with Gasteiger partial charge in [-0.3, -0.25) is 4.79 Å². The van der Waals surface area contributed by atoms with Crippen LogP contribution < -0.4 is 11.1 Å². The minimum Gasteiger partial charge on any atom is -0.349 e. The molecule has 0 spiro atoms. The topological polar surface area (TPSA) is 55.1 Å². The Morgan fingerprint density at radius 1 is 1.27 bits per heavy atom. The molecule has 3 N–H and O–H groups in total. The van der Waals surface area contributed by atoms with E-state index in [0.717, 1.165) is 18.4 Å². The third-order valence-electron chi connectivity index (χ3n) is 5.51. The van der Waals surface area contributed by atoms with E-state index >= 15 is 0 Å². The van der Waals surface area contributed by atoms with Crippen molar-refractivity contribution in [3.05, 3.63) is 34.9 Å². The van der Waals surface area contributed by atoms with E-state index in [1.54, 1.807) is 0 Å². The van der Waals surface area contributed by atoms with Crippen LogP contribution in [0.1, 0.15) is 50.6 Å². The van der Waals surface area contributed by atoms with Crippen LogP contribution in [0.2, 0.25) is 5.02 Å². The van der Waals surface area contributed by atoms with Crippen molar-refractivity contribution < 1.29 is 4.79 Å². The van der Waals surface area contributed by atoms with Gasteiger partial charge in [-0.15, -0.1) is 0 Å². The maximum absolute atomic E-state index is 12.6. The van der Waals surface area contributed by atoms with Crippen LogP contribution in [0.15, 0.2) is 24.3 Å². The van der Waals surface area contributed by atoms with E-state index in [-0.39, 0.29) is 17.9 Å². The smallest absolute Gasteiger partial charge is 0.223 e. The number of halogens is 1. The highest BCUT2D eigenvalue weighted by molar-refractivity contribution is 6.31. The summed E-state index contributed by atoms with van der Waals surface area (Å²) < 4.78 is 0. The number of rotatable bonds is 3. The van der Waals surface area contributed by atoms with Gasteiger partial charge in [0.15, 0.2) is 0 Å². The van der Waals surface area contributed by atoms with Gasteiger partial charge < -0.3 is 11.1 Å². The molecule has 2 saturated carbocycles. The largest absolute Gasteiger partial charge is 0.349 e. The van der Waals surface area contributed by atoms with Crippen molar-refractivity contribution in [1.29, 1.82) is 0 Å². The molecule has 1 aromatic carbocycles. The average Bonchev–Trinajstić information content (AvgIpc) is 2.47. The number of carbonyl (C=O) groups is 1. The van der Waals surface area contributed by atoms with Crippen molar-refractivity contribution in [1.82, 2.24) is 5.32 Å². The summed E-state index contributed by atoms with van der Waals surface area (Å²) in [4.78, 5) is 12.6. The Kier molecular flexibility index (Phi) is 4.74. The standard InChI is InChI=1S/C18H25ClN2O/c1-11(15-7-2-3-8-16(15)19)21-18(22)14-9-12-5-4-6-13(10-14)17(12)20/h2-3,7-8,11-14,17H,4-6,9-10,20H2,1H3,(H,21,22).